The van der Waals surface area contributed by atoms with Gasteiger partial charge in [0.2, 0.25) is 0 Å². The Labute approximate surface area is 211 Å². The van der Waals surface area contributed by atoms with Crippen LogP contribution in [0.4, 0.5) is 0 Å². The Morgan fingerprint density at radius 2 is 0.912 bits per heavy atom. The van der Waals surface area contributed by atoms with Crippen molar-refractivity contribution >= 4 is 14.3 Å². The Kier molecular flexibility index (Phi) is 25.3. The van der Waals surface area contributed by atoms with E-state index >= 15 is 0 Å². The van der Waals surface area contributed by atoms with E-state index in [1.54, 1.807) is 0 Å². The number of esters is 1. The van der Waals surface area contributed by atoms with Gasteiger partial charge in [-0.1, -0.05) is 84.0 Å². The van der Waals surface area contributed by atoms with Crippen molar-refractivity contribution in [2.24, 2.45) is 0 Å². The van der Waals surface area contributed by atoms with Crippen molar-refractivity contribution in [2.75, 3.05) is 52.9 Å². The van der Waals surface area contributed by atoms with E-state index in [1.807, 2.05) is 0 Å². The lowest BCUT2D eigenvalue weighted by Crippen LogP contribution is -2.27. The zero-order valence-corrected chi connectivity index (χ0v) is 24.0. The highest BCUT2D eigenvalue weighted by Gasteiger charge is 2.13. The summed E-state index contributed by atoms with van der Waals surface area (Å²) in [5.74, 6) is -0.113. The fraction of sp³-hybridized carbons (Fsp3) is 0.963. The number of hydrogen-bond acceptors (Lipinski definition) is 6. The molecule has 0 fully saturated rings. The van der Waals surface area contributed by atoms with Crippen LogP contribution in [0.15, 0.2) is 0 Å². The molecular formula is C27H56O6Si. The van der Waals surface area contributed by atoms with Gasteiger partial charge < -0.3 is 23.4 Å². The van der Waals surface area contributed by atoms with Crippen molar-refractivity contribution in [1.82, 2.24) is 0 Å². The number of unbranched alkanes of at least 4 members (excludes halogenated alkanes) is 12. The normalized spacial score (nSPS) is 11.8. The van der Waals surface area contributed by atoms with Crippen LogP contribution in [-0.2, 0) is 28.2 Å². The van der Waals surface area contributed by atoms with Crippen molar-refractivity contribution in [3.05, 3.63) is 0 Å². The summed E-state index contributed by atoms with van der Waals surface area (Å²) in [6.45, 7) is 12.9. The molecular weight excluding hydrogens is 448 g/mol. The molecule has 0 aliphatic carbocycles. The molecule has 0 heterocycles. The molecule has 204 valence electrons. The number of ether oxygens (including phenoxy) is 4. The monoisotopic (exact) mass is 504 g/mol. The Hall–Kier alpha value is -0.473. The van der Waals surface area contributed by atoms with E-state index in [9.17, 15) is 4.79 Å². The molecule has 0 bridgehead atoms. The topological polar surface area (TPSA) is 63.2 Å². The molecule has 0 atom stereocenters. The van der Waals surface area contributed by atoms with Gasteiger partial charge in [-0.25, -0.2) is 0 Å². The van der Waals surface area contributed by atoms with Gasteiger partial charge in [-0.3, -0.25) is 4.79 Å². The Morgan fingerprint density at radius 3 is 1.35 bits per heavy atom. The molecule has 0 aromatic rings. The SMILES string of the molecule is CCCCCCCCCCCCCCCC(=O)OCCOCCOCCOCCO[Si](C)(C)C. The van der Waals surface area contributed by atoms with Crippen LogP contribution in [0.1, 0.15) is 96.8 Å². The molecule has 0 unspecified atom stereocenters. The highest BCUT2D eigenvalue weighted by molar-refractivity contribution is 6.69. The molecule has 0 aliphatic rings. The lowest BCUT2D eigenvalue weighted by molar-refractivity contribution is -0.145. The standard InChI is InChI=1S/C27H56O6Si/c1-5-6-7-8-9-10-11-12-13-14-15-16-17-18-27(28)32-25-23-30-21-19-29-20-22-31-24-26-33-34(2,3)4/h5-26H2,1-4H3. The van der Waals surface area contributed by atoms with Crippen molar-refractivity contribution < 1.29 is 28.2 Å². The van der Waals surface area contributed by atoms with E-state index in [-0.39, 0.29) is 5.97 Å². The lowest BCUT2D eigenvalue weighted by Gasteiger charge is -2.16. The maximum atomic E-state index is 11.8. The molecule has 0 saturated heterocycles. The minimum absolute atomic E-state index is 0.113. The van der Waals surface area contributed by atoms with Crippen LogP contribution in [0.5, 0.6) is 0 Å². The van der Waals surface area contributed by atoms with Crippen molar-refractivity contribution in [2.45, 2.75) is 116 Å². The van der Waals surface area contributed by atoms with Gasteiger partial charge in [-0.15, -0.1) is 0 Å². The minimum Gasteiger partial charge on any atom is -0.463 e. The predicted molar refractivity (Wildman–Crippen MR) is 143 cm³/mol. The van der Waals surface area contributed by atoms with Gasteiger partial charge in [0.05, 0.1) is 46.2 Å². The average Bonchev–Trinajstić information content (AvgIpc) is 2.79. The zero-order valence-electron chi connectivity index (χ0n) is 23.0. The number of rotatable bonds is 27. The maximum Gasteiger partial charge on any atom is 0.305 e. The molecule has 0 N–H and O–H groups in total. The van der Waals surface area contributed by atoms with Crippen LogP contribution in [0, 0.1) is 0 Å². The second-order valence-electron chi connectivity index (χ2n) is 10.0. The van der Waals surface area contributed by atoms with Crippen LogP contribution in [0.2, 0.25) is 19.6 Å². The first-order valence-corrected chi connectivity index (χ1v) is 17.4. The van der Waals surface area contributed by atoms with E-state index < -0.39 is 8.32 Å². The van der Waals surface area contributed by atoms with Crippen LogP contribution in [0.3, 0.4) is 0 Å². The quantitative estimate of drug-likeness (QED) is 0.0688. The summed E-state index contributed by atoms with van der Waals surface area (Å²) < 4.78 is 27.3. The summed E-state index contributed by atoms with van der Waals surface area (Å²) in [4.78, 5) is 11.8. The van der Waals surface area contributed by atoms with Gasteiger partial charge in [-0.05, 0) is 26.1 Å². The largest absolute Gasteiger partial charge is 0.463 e. The molecule has 0 aliphatic heterocycles. The fourth-order valence-electron chi connectivity index (χ4n) is 3.52. The predicted octanol–water partition coefficient (Wildman–Crippen LogP) is 6.91. The van der Waals surface area contributed by atoms with Crippen molar-refractivity contribution in [1.29, 1.82) is 0 Å². The Morgan fingerprint density at radius 1 is 0.529 bits per heavy atom. The molecule has 0 aromatic carbocycles. The molecule has 0 rings (SSSR count). The van der Waals surface area contributed by atoms with Gasteiger partial charge in [0.25, 0.3) is 0 Å². The fourth-order valence-corrected chi connectivity index (χ4v) is 4.22. The van der Waals surface area contributed by atoms with Crippen molar-refractivity contribution in [3.63, 3.8) is 0 Å². The third kappa shape index (κ3) is 29.6. The second kappa shape index (κ2) is 25.6. The van der Waals surface area contributed by atoms with Gasteiger partial charge in [0.15, 0.2) is 8.32 Å². The molecule has 0 spiro atoms. The van der Waals surface area contributed by atoms with E-state index in [1.165, 1.54) is 70.6 Å². The molecule has 0 saturated carbocycles. The average molecular weight is 505 g/mol. The highest BCUT2D eigenvalue weighted by atomic mass is 28.4. The van der Waals surface area contributed by atoms with E-state index in [0.717, 1.165) is 12.8 Å². The Bertz CT molecular complexity index is 428. The summed E-state index contributed by atoms with van der Waals surface area (Å²) >= 11 is 0. The van der Waals surface area contributed by atoms with Crippen molar-refractivity contribution in [3.8, 4) is 0 Å². The first kappa shape index (κ1) is 33.5. The van der Waals surface area contributed by atoms with Gasteiger partial charge in [0, 0.05) is 6.42 Å². The summed E-state index contributed by atoms with van der Waals surface area (Å²) in [6.07, 6.45) is 17.5. The molecule has 0 aromatic heterocycles. The first-order valence-electron chi connectivity index (χ1n) is 14.0. The van der Waals surface area contributed by atoms with Crippen LogP contribution < -0.4 is 0 Å². The van der Waals surface area contributed by atoms with Crippen LogP contribution in [-0.4, -0.2) is 67.1 Å². The highest BCUT2D eigenvalue weighted by Crippen LogP contribution is 2.13. The summed E-state index contributed by atoms with van der Waals surface area (Å²) in [6, 6.07) is 0. The molecule has 6 nitrogen and oxygen atoms in total. The summed E-state index contributed by atoms with van der Waals surface area (Å²) in [5, 5.41) is 0. The number of carbonyl (C=O) groups is 1. The number of hydrogen-bond donors (Lipinski definition) is 0. The second-order valence-corrected chi connectivity index (χ2v) is 14.5. The van der Waals surface area contributed by atoms with Gasteiger partial charge in [0.1, 0.15) is 6.61 Å². The first-order chi connectivity index (χ1) is 16.5. The summed E-state index contributed by atoms with van der Waals surface area (Å²) in [5.41, 5.74) is 0. The zero-order chi connectivity index (χ0) is 25.2. The Balaban J connectivity index is 3.18. The van der Waals surface area contributed by atoms with Gasteiger partial charge >= 0.3 is 5.97 Å². The minimum atomic E-state index is -1.44. The van der Waals surface area contributed by atoms with E-state index in [0.29, 0.717) is 59.3 Å². The van der Waals surface area contributed by atoms with E-state index in [4.69, 9.17) is 23.4 Å². The van der Waals surface area contributed by atoms with E-state index in [2.05, 4.69) is 26.6 Å². The molecule has 0 amide bonds. The summed E-state index contributed by atoms with van der Waals surface area (Å²) in [7, 11) is -1.44. The molecule has 7 heteroatoms. The molecule has 34 heavy (non-hydrogen) atoms. The third-order valence-electron chi connectivity index (χ3n) is 5.48. The van der Waals surface area contributed by atoms with Crippen LogP contribution >= 0.6 is 0 Å². The lowest BCUT2D eigenvalue weighted by atomic mass is 10.0. The van der Waals surface area contributed by atoms with Gasteiger partial charge in [-0.2, -0.15) is 0 Å². The maximum absolute atomic E-state index is 11.8. The van der Waals surface area contributed by atoms with Crippen LogP contribution in [0.25, 0.3) is 0 Å². The molecule has 0 radical (unpaired) electrons. The number of carbonyl (C=O) groups excluding carboxylic acids is 1. The third-order valence-corrected chi connectivity index (χ3v) is 6.55. The smallest absolute Gasteiger partial charge is 0.305 e.